The maximum absolute atomic E-state index is 12.4. The largest absolute Gasteiger partial charge is 0.480 e. The highest BCUT2D eigenvalue weighted by Gasteiger charge is 2.24. The highest BCUT2D eigenvalue weighted by atomic mass is 79.9. The van der Waals surface area contributed by atoms with E-state index < -0.39 is 18.4 Å². The molecule has 1 amide bonds. The summed E-state index contributed by atoms with van der Waals surface area (Å²) < 4.78 is 6.42. The monoisotopic (exact) mass is 349 g/mol. The third-order valence-electron chi connectivity index (χ3n) is 2.99. The van der Waals surface area contributed by atoms with Gasteiger partial charge in [0.05, 0.1) is 6.54 Å². The van der Waals surface area contributed by atoms with Gasteiger partial charge in [0.1, 0.15) is 12.1 Å². The van der Waals surface area contributed by atoms with Crippen molar-refractivity contribution in [3.63, 3.8) is 0 Å². The molecule has 0 saturated heterocycles. The molecule has 21 heavy (non-hydrogen) atoms. The number of amides is 1. The van der Waals surface area contributed by atoms with Crippen molar-refractivity contribution >= 4 is 38.8 Å². The zero-order valence-corrected chi connectivity index (χ0v) is 12.8. The molecule has 108 valence electrons. The lowest BCUT2D eigenvalue weighted by Crippen LogP contribution is -2.36. The number of carboxylic acids is 1. The average Bonchev–Trinajstić information content (AvgIpc) is 2.74. The summed E-state index contributed by atoms with van der Waals surface area (Å²) >= 11 is 3.36. The Morgan fingerprint density at radius 2 is 2.19 bits per heavy atom. The lowest BCUT2D eigenvalue weighted by Gasteiger charge is -2.16. The van der Waals surface area contributed by atoms with Gasteiger partial charge < -0.3 is 14.4 Å². The zero-order valence-electron chi connectivity index (χ0n) is 11.2. The van der Waals surface area contributed by atoms with Crippen LogP contribution in [-0.4, -0.2) is 35.0 Å². The number of furan rings is 1. The zero-order chi connectivity index (χ0) is 15.6. The SMILES string of the molecule is C#CCN(CC(=O)O)C(=O)c1oc2ccc(Br)cc2c1C. The summed E-state index contributed by atoms with van der Waals surface area (Å²) in [5, 5.41) is 9.65. The Balaban J connectivity index is 2.44. The molecule has 0 saturated carbocycles. The van der Waals surface area contributed by atoms with Crippen LogP contribution in [0.25, 0.3) is 11.0 Å². The second-order valence-electron chi connectivity index (χ2n) is 4.46. The van der Waals surface area contributed by atoms with Crippen LogP contribution < -0.4 is 0 Å². The second kappa shape index (κ2) is 6.02. The Morgan fingerprint density at radius 3 is 2.81 bits per heavy atom. The summed E-state index contributed by atoms with van der Waals surface area (Å²) in [6.45, 7) is 1.19. The smallest absolute Gasteiger partial charge is 0.323 e. The van der Waals surface area contributed by atoms with E-state index in [2.05, 4.69) is 21.9 Å². The molecule has 1 N–H and O–H groups in total. The van der Waals surface area contributed by atoms with Crippen LogP contribution in [0.5, 0.6) is 0 Å². The van der Waals surface area contributed by atoms with Gasteiger partial charge in [0.25, 0.3) is 5.91 Å². The van der Waals surface area contributed by atoms with Crippen molar-refractivity contribution in [2.45, 2.75) is 6.92 Å². The number of carbonyl (C=O) groups is 2. The quantitative estimate of drug-likeness (QED) is 0.861. The molecule has 2 rings (SSSR count). The van der Waals surface area contributed by atoms with Crippen molar-refractivity contribution in [3.8, 4) is 12.3 Å². The number of aryl methyl sites for hydroxylation is 1. The Hall–Kier alpha value is -2.26. The van der Waals surface area contributed by atoms with Crippen molar-refractivity contribution < 1.29 is 19.1 Å². The number of hydrogen-bond acceptors (Lipinski definition) is 3. The average molecular weight is 350 g/mol. The third kappa shape index (κ3) is 3.09. The minimum Gasteiger partial charge on any atom is -0.480 e. The molecule has 0 atom stereocenters. The predicted molar refractivity (Wildman–Crippen MR) is 81.0 cm³/mol. The second-order valence-corrected chi connectivity index (χ2v) is 5.37. The van der Waals surface area contributed by atoms with E-state index in [1.165, 1.54) is 0 Å². The van der Waals surface area contributed by atoms with Crippen molar-refractivity contribution in [1.29, 1.82) is 0 Å². The minimum atomic E-state index is -1.13. The summed E-state index contributed by atoms with van der Waals surface area (Å²) in [4.78, 5) is 24.3. The van der Waals surface area contributed by atoms with Crippen LogP contribution in [0.3, 0.4) is 0 Å². The maximum atomic E-state index is 12.4. The van der Waals surface area contributed by atoms with Gasteiger partial charge in [-0.05, 0) is 25.1 Å². The van der Waals surface area contributed by atoms with E-state index in [0.717, 1.165) is 14.8 Å². The number of carboxylic acid groups (broad SMARTS) is 1. The van der Waals surface area contributed by atoms with Gasteiger partial charge >= 0.3 is 5.97 Å². The van der Waals surface area contributed by atoms with E-state index in [-0.39, 0.29) is 12.3 Å². The van der Waals surface area contributed by atoms with E-state index in [1.807, 2.05) is 6.07 Å². The molecule has 0 aliphatic carbocycles. The van der Waals surface area contributed by atoms with Crippen LogP contribution in [0.2, 0.25) is 0 Å². The van der Waals surface area contributed by atoms with Crippen LogP contribution in [0, 0.1) is 19.3 Å². The highest BCUT2D eigenvalue weighted by molar-refractivity contribution is 9.10. The molecule has 1 aromatic heterocycles. The van der Waals surface area contributed by atoms with Crippen LogP contribution in [0.15, 0.2) is 27.1 Å². The summed E-state index contributed by atoms with van der Waals surface area (Å²) in [5.74, 6) is 0.732. The molecular formula is C15H12BrNO4. The first-order valence-electron chi connectivity index (χ1n) is 6.07. The number of rotatable bonds is 4. The first-order valence-corrected chi connectivity index (χ1v) is 6.86. The topological polar surface area (TPSA) is 70.8 Å². The fourth-order valence-electron chi connectivity index (χ4n) is 2.01. The number of terminal acetylenes is 1. The number of aliphatic carboxylic acids is 1. The molecule has 0 radical (unpaired) electrons. The lowest BCUT2D eigenvalue weighted by atomic mass is 10.1. The molecule has 0 spiro atoms. The van der Waals surface area contributed by atoms with Gasteiger partial charge in [0, 0.05) is 15.4 Å². The molecule has 2 aromatic rings. The van der Waals surface area contributed by atoms with Gasteiger partial charge in [-0.15, -0.1) is 6.42 Å². The molecule has 0 aliphatic heterocycles. The molecule has 0 fully saturated rings. The number of nitrogens with zero attached hydrogens (tertiary/aromatic N) is 1. The molecule has 1 aromatic carbocycles. The summed E-state index contributed by atoms with van der Waals surface area (Å²) in [7, 11) is 0. The Kier molecular flexibility index (Phi) is 4.34. The molecule has 0 unspecified atom stereocenters. The van der Waals surface area contributed by atoms with Crippen LogP contribution in [0.1, 0.15) is 16.1 Å². The van der Waals surface area contributed by atoms with Crippen LogP contribution in [0.4, 0.5) is 0 Å². The fourth-order valence-corrected chi connectivity index (χ4v) is 2.37. The first-order chi connectivity index (χ1) is 9.93. The highest BCUT2D eigenvalue weighted by Crippen LogP contribution is 2.28. The fraction of sp³-hybridized carbons (Fsp3) is 0.200. The van der Waals surface area contributed by atoms with E-state index >= 15 is 0 Å². The third-order valence-corrected chi connectivity index (χ3v) is 3.48. The molecule has 0 bridgehead atoms. The molecule has 6 heteroatoms. The van der Waals surface area contributed by atoms with Gasteiger partial charge in [-0.1, -0.05) is 21.9 Å². The van der Waals surface area contributed by atoms with Crippen molar-refractivity contribution in [2.75, 3.05) is 13.1 Å². The predicted octanol–water partition coefficient (Wildman–Crippen LogP) is 2.66. The lowest BCUT2D eigenvalue weighted by molar-refractivity contribution is -0.137. The summed E-state index contributed by atoms with van der Waals surface area (Å²) in [6, 6.07) is 5.38. The van der Waals surface area contributed by atoms with Gasteiger partial charge in [-0.2, -0.15) is 0 Å². The standard InChI is InChI=1S/C15H12BrNO4/c1-3-6-17(8-13(18)19)15(20)14-9(2)11-7-10(16)4-5-12(11)21-14/h1,4-5,7H,6,8H2,2H3,(H,18,19). The van der Waals surface area contributed by atoms with E-state index in [0.29, 0.717) is 11.1 Å². The Bertz CT molecular complexity index is 757. The Labute approximate surface area is 129 Å². The maximum Gasteiger partial charge on any atom is 0.323 e. The van der Waals surface area contributed by atoms with Gasteiger partial charge in [0.2, 0.25) is 0 Å². The van der Waals surface area contributed by atoms with Crippen LogP contribution in [-0.2, 0) is 4.79 Å². The first kappa shape index (κ1) is 15.1. The van der Waals surface area contributed by atoms with E-state index in [9.17, 15) is 9.59 Å². The van der Waals surface area contributed by atoms with Crippen molar-refractivity contribution in [1.82, 2.24) is 4.90 Å². The minimum absolute atomic E-state index is 0.0920. The number of carbonyl (C=O) groups excluding carboxylic acids is 1. The van der Waals surface area contributed by atoms with Crippen molar-refractivity contribution in [3.05, 3.63) is 34.0 Å². The number of halogens is 1. The molecular weight excluding hydrogens is 338 g/mol. The molecule has 1 heterocycles. The Morgan fingerprint density at radius 1 is 1.48 bits per heavy atom. The van der Waals surface area contributed by atoms with Crippen LogP contribution >= 0.6 is 15.9 Å². The molecule has 5 nitrogen and oxygen atoms in total. The van der Waals surface area contributed by atoms with Gasteiger partial charge in [-0.3, -0.25) is 9.59 Å². The summed E-state index contributed by atoms with van der Waals surface area (Å²) in [5.41, 5.74) is 1.22. The number of hydrogen-bond donors (Lipinski definition) is 1. The van der Waals surface area contributed by atoms with E-state index in [1.54, 1.807) is 19.1 Å². The van der Waals surface area contributed by atoms with Crippen molar-refractivity contribution in [2.24, 2.45) is 0 Å². The number of fused-ring (bicyclic) bond motifs is 1. The van der Waals surface area contributed by atoms with Gasteiger partial charge in [-0.25, -0.2) is 0 Å². The summed E-state index contributed by atoms with van der Waals surface area (Å²) in [6.07, 6.45) is 5.18. The van der Waals surface area contributed by atoms with E-state index in [4.69, 9.17) is 15.9 Å². The van der Waals surface area contributed by atoms with Gasteiger partial charge in [0.15, 0.2) is 5.76 Å². The number of benzene rings is 1. The molecule has 0 aliphatic rings. The normalized spacial score (nSPS) is 10.3.